The molecule has 16 nitrogen and oxygen atoms in total. The van der Waals surface area contributed by atoms with E-state index in [1.807, 2.05) is 0 Å². The third-order valence-corrected chi connectivity index (χ3v) is 6.59. The van der Waals surface area contributed by atoms with Gasteiger partial charge in [-0.15, -0.1) is 15.3 Å². The Bertz CT molecular complexity index is 1960. The number of anilines is 2. The molecular weight excluding hydrogens is 634 g/mol. The number of imidazole rings is 1. The minimum absolute atomic E-state index is 0.0375. The second-order valence-corrected chi connectivity index (χ2v) is 9.73. The van der Waals surface area contributed by atoms with E-state index in [2.05, 4.69) is 36.1 Å². The third kappa shape index (κ3) is 8.44. The Hall–Kier alpha value is -6.85. The Morgan fingerprint density at radius 1 is 0.917 bits per heavy atom. The standard InChI is InChI=1S/C30H24F2N10O6/c31-20-13-19(30(47)48)24(37-27(43)22(33)5-2-8-36-41-34)12-17(20)4-1-3-16-11-18(29(45)46)25(14-21(16)32)38-28(44)23-6-7-26(40-39-23)42-10-9-35-15-42/h2,5-15,33-34H,1,3-4H2,(H,37,43)(H,38,44)(H,45,46)(H,47,48)/b5-2-,33-22?,36-8?,41-34?. The molecule has 48 heavy (non-hydrogen) atoms. The molecule has 2 aromatic carbocycles. The number of benzene rings is 2. The zero-order valence-electron chi connectivity index (χ0n) is 24.5. The summed E-state index contributed by atoms with van der Waals surface area (Å²) in [5.74, 6) is -6.24. The number of carbonyl (C=O) groups is 4. The van der Waals surface area contributed by atoms with Crippen molar-refractivity contribution in [3.63, 3.8) is 0 Å². The molecule has 0 aliphatic rings. The predicted molar refractivity (Wildman–Crippen MR) is 165 cm³/mol. The fourth-order valence-electron chi connectivity index (χ4n) is 4.29. The molecule has 0 radical (unpaired) electrons. The summed E-state index contributed by atoms with van der Waals surface area (Å²) in [5.41, 5.74) is 4.08. The zero-order chi connectivity index (χ0) is 34.8. The van der Waals surface area contributed by atoms with Crippen LogP contribution in [0.4, 0.5) is 20.2 Å². The first-order chi connectivity index (χ1) is 23.0. The van der Waals surface area contributed by atoms with Crippen molar-refractivity contribution >= 4 is 47.1 Å². The first-order valence-corrected chi connectivity index (χ1v) is 13.7. The van der Waals surface area contributed by atoms with Gasteiger partial charge in [0.05, 0.1) is 28.7 Å². The Labute approximate surface area is 268 Å². The van der Waals surface area contributed by atoms with Crippen LogP contribution < -0.4 is 10.6 Å². The summed E-state index contributed by atoms with van der Waals surface area (Å²) in [6.07, 6.45) is 7.73. The number of aromatic carboxylic acids is 2. The van der Waals surface area contributed by atoms with Crippen molar-refractivity contribution in [3.05, 3.63) is 107 Å². The maximum atomic E-state index is 15.1. The second-order valence-electron chi connectivity index (χ2n) is 9.73. The largest absolute Gasteiger partial charge is 0.478 e. The number of nitrogens with one attached hydrogen (secondary N) is 4. The number of rotatable bonds is 14. The number of allylic oxidation sites excluding steroid dienone is 1. The number of nitrogens with zero attached hydrogens (tertiary/aromatic N) is 6. The van der Waals surface area contributed by atoms with E-state index in [0.717, 1.165) is 36.6 Å². The van der Waals surface area contributed by atoms with Crippen LogP contribution in [-0.4, -0.2) is 65.6 Å². The highest BCUT2D eigenvalue weighted by molar-refractivity contribution is 6.46. The van der Waals surface area contributed by atoms with Gasteiger partial charge in [-0.2, -0.15) is 5.53 Å². The second kappa shape index (κ2) is 15.4. The van der Waals surface area contributed by atoms with Crippen molar-refractivity contribution in [2.75, 3.05) is 10.6 Å². The van der Waals surface area contributed by atoms with Gasteiger partial charge in [0.15, 0.2) is 11.5 Å². The Morgan fingerprint density at radius 3 is 2.21 bits per heavy atom. The van der Waals surface area contributed by atoms with Gasteiger partial charge in [-0.1, -0.05) is 5.22 Å². The van der Waals surface area contributed by atoms with E-state index in [1.165, 1.54) is 24.7 Å². The van der Waals surface area contributed by atoms with Crippen LogP contribution in [0.2, 0.25) is 0 Å². The van der Waals surface area contributed by atoms with Crippen molar-refractivity contribution in [3.8, 4) is 5.82 Å². The monoisotopic (exact) mass is 658 g/mol. The third-order valence-electron chi connectivity index (χ3n) is 6.59. The average molecular weight is 659 g/mol. The molecule has 2 heterocycles. The molecule has 0 saturated heterocycles. The number of aryl methyl sites for hydroxylation is 2. The number of amides is 2. The molecule has 2 amide bonds. The molecule has 2 aromatic heterocycles. The van der Waals surface area contributed by atoms with Gasteiger partial charge in [0.25, 0.3) is 11.8 Å². The molecule has 0 fully saturated rings. The number of carbonyl (C=O) groups excluding carboxylic acids is 2. The molecule has 0 bridgehead atoms. The zero-order valence-corrected chi connectivity index (χ0v) is 24.5. The van der Waals surface area contributed by atoms with Crippen molar-refractivity contribution in [1.82, 2.24) is 19.7 Å². The summed E-state index contributed by atoms with van der Waals surface area (Å²) < 4.78 is 31.5. The molecule has 0 spiro atoms. The summed E-state index contributed by atoms with van der Waals surface area (Å²) in [7, 11) is 0. The number of hydrogen-bond donors (Lipinski definition) is 6. The topological polar surface area (TPSA) is 249 Å². The molecule has 4 aromatic rings. The van der Waals surface area contributed by atoms with E-state index in [4.69, 9.17) is 10.9 Å². The summed E-state index contributed by atoms with van der Waals surface area (Å²) in [4.78, 5) is 52.7. The van der Waals surface area contributed by atoms with Crippen molar-refractivity contribution in [1.29, 1.82) is 10.9 Å². The molecule has 0 aliphatic heterocycles. The lowest BCUT2D eigenvalue weighted by Gasteiger charge is -2.13. The van der Waals surface area contributed by atoms with Gasteiger partial charge in [0.2, 0.25) is 0 Å². The minimum atomic E-state index is -1.55. The van der Waals surface area contributed by atoms with Crippen LogP contribution in [0.25, 0.3) is 5.82 Å². The van der Waals surface area contributed by atoms with Crippen molar-refractivity contribution in [2.45, 2.75) is 19.3 Å². The average Bonchev–Trinajstić information content (AvgIpc) is 3.60. The summed E-state index contributed by atoms with van der Waals surface area (Å²) >= 11 is 0. The lowest BCUT2D eigenvalue weighted by Crippen LogP contribution is -2.22. The Balaban J connectivity index is 1.47. The van der Waals surface area contributed by atoms with Gasteiger partial charge in [-0.3, -0.25) is 19.6 Å². The van der Waals surface area contributed by atoms with Gasteiger partial charge in [-0.25, -0.2) is 23.4 Å². The van der Waals surface area contributed by atoms with Crippen LogP contribution in [-0.2, 0) is 17.6 Å². The number of hydrogen-bond acceptors (Lipinski definition) is 10. The Kier molecular flexibility index (Phi) is 10.9. The van der Waals surface area contributed by atoms with Gasteiger partial charge in [0, 0.05) is 12.4 Å². The number of carboxylic acid groups (broad SMARTS) is 2. The van der Waals surface area contributed by atoms with Crippen LogP contribution in [0.1, 0.15) is 48.8 Å². The molecule has 0 unspecified atom stereocenters. The Morgan fingerprint density at radius 2 is 1.58 bits per heavy atom. The minimum Gasteiger partial charge on any atom is -0.478 e. The van der Waals surface area contributed by atoms with Gasteiger partial charge in [0.1, 0.15) is 23.7 Å². The highest BCUT2D eigenvalue weighted by Gasteiger charge is 2.21. The van der Waals surface area contributed by atoms with Gasteiger partial charge in [-0.05, 0) is 78.9 Å². The number of carboxylic acids is 2. The highest BCUT2D eigenvalue weighted by Crippen LogP contribution is 2.26. The van der Waals surface area contributed by atoms with E-state index in [1.54, 1.807) is 10.8 Å². The maximum Gasteiger partial charge on any atom is 0.337 e. The molecule has 0 aliphatic carbocycles. The van der Waals surface area contributed by atoms with Gasteiger partial charge >= 0.3 is 11.9 Å². The number of halogens is 2. The van der Waals surface area contributed by atoms with E-state index in [-0.39, 0.29) is 47.5 Å². The summed E-state index contributed by atoms with van der Waals surface area (Å²) in [5, 5.41) is 45.3. The first kappa shape index (κ1) is 34.0. The van der Waals surface area contributed by atoms with Crippen molar-refractivity contribution < 1.29 is 38.2 Å². The van der Waals surface area contributed by atoms with E-state index in [0.29, 0.717) is 11.9 Å². The maximum absolute atomic E-state index is 15.1. The lowest BCUT2D eigenvalue weighted by molar-refractivity contribution is -0.110. The van der Waals surface area contributed by atoms with Crippen LogP contribution in [0, 0.1) is 22.6 Å². The fraction of sp³-hybridized carbons (Fsp3) is 0.100. The van der Waals surface area contributed by atoms with Crippen LogP contribution in [0.15, 0.2) is 77.6 Å². The molecule has 4 rings (SSSR count). The smallest absolute Gasteiger partial charge is 0.337 e. The van der Waals surface area contributed by atoms with E-state index < -0.39 is 52.2 Å². The predicted octanol–water partition coefficient (Wildman–Crippen LogP) is 4.30. The van der Waals surface area contributed by atoms with Crippen LogP contribution >= 0.6 is 0 Å². The molecule has 6 N–H and O–H groups in total. The highest BCUT2D eigenvalue weighted by atomic mass is 19.1. The van der Waals surface area contributed by atoms with Crippen LogP contribution in [0.3, 0.4) is 0 Å². The van der Waals surface area contributed by atoms with Crippen molar-refractivity contribution in [2.24, 2.45) is 10.3 Å². The molecule has 244 valence electrons. The van der Waals surface area contributed by atoms with Crippen LogP contribution in [0.5, 0.6) is 0 Å². The quantitative estimate of drug-likeness (QED) is 0.0641. The molecule has 0 saturated carbocycles. The molecule has 18 heteroatoms. The summed E-state index contributed by atoms with van der Waals surface area (Å²) in [6, 6.07) is 6.50. The molecule has 0 atom stereocenters. The number of aromatic nitrogens is 4. The van der Waals surface area contributed by atoms with Gasteiger partial charge < -0.3 is 20.8 Å². The lowest BCUT2D eigenvalue weighted by atomic mass is 9.99. The molecular formula is C30H24F2N10O6. The summed E-state index contributed by atoms with van der Waals surface area (Å²) in [6.45, 7) is 0. The first-order valence-electron chi connectivity index (χ1n) is 13.7. The SMILES string of the molecule is N=NN=C/C=C\C(=N)C(=O)Nc1cc(CCCc2cc(C(=O)O)c(NC(=O)c3ccc(-n4ccnc4)nn3)cc2F)c(F)cc1C(=O)O. The van der Waals surface area contributed by atoms with E-state index in [9.17, 15) is 33.8 Å². The normalized spacial score (nSPS) is 11.0. The van der Waals surface area contributed by atoms with E-state index >= 15 is 4.39 Å². The fourth-order valence-corrected chi connectivity index (χ4v) is 4.29.